The van der Waals surface area contributed by atoms with Crippen LogP contribution in [0.4, 0.5) is 5.69 Å². The molecule has 11 heteroatoms. The van der Waals surface area contributed by atoms with Crippen LogP contribution in [0.15, 0.2) is 36.4 Å². The van der Waals surface area contributed by atoms with Crippen LogP contribution in [0.3, 0.4) is 0 Å². The molecule has 43 heavy (non-hydrogen) atoms. The second-order valence-corrected chi connectivity index (χ2v) is 12.7. The summed E-state index contributed by atoms with van der Waals surface area (Å²) in [5.41, 5.74) is 3.38. The van der Waals surface area contributed by atoms with Gasteiger partial charge in [0.15, 0.2) is 0 Å². The molecular formula is C32H41Cl2N5O4. The molecule has 4 fully saturated rings. The Labute approximate surface area is 264 Å². The van der Waals surface area contributed by atoms with Gasteiger partial charge in [-0.3, -0.25) is 9.59 Å². The van der Waals surface area contributed by atoms with Gasteiger partial charge in [0.2, 0.25) is 0 Å². The standard InChI is InChI=1S/C32H41Cl2N5O4/c33-26-18-25(19-27(21-26)36-12-9-35-10-13-36)32(41)38-16-14-37(15-17-38)31(40)24-6-7-30(42-28-8-11-39(22-28)43-34)29(20-24)23-4-2-1-3-5-23/h6-7,18-21,23,28,35H,1-5,8-17,22H2/t28-/m0/s1. The number of anilines is 1. The van der Waals surface area contributed by atoms with Gasteiger partial charge in [0.25, 0.3) is 11.8 Å². The quantitative estimate of drug-likeness (QED) is 0.465. The highest BCUT2D eigenvalue weighted by molar-refractivity contribution is 6.31. The normalized spacial score (nSPS) is 22.2. The van der Waals surface area contributed by atoms with Crippen molar-refractivity contribution in [1.29, 1.82) is 0 Å². The van der Waals surface area contributed by atoms with E-state index in [1.165, 1.54) is 19.3 Å². The monoisotopic (exact) mass is 629 g/mol. The molecule has 3 heterocycles. The Morgan fingerprint density at radius 1 is 0.791 bits per heavy atom. The van der Waals surface area contributed by atoms with Crippen LogP contribution in [0.1, 0.15) is 70.7 Å². The molecule has 0 radical (unpaired) electrons. The highest BCUT2D eigenvalue weighted by Gasteiger charge is 2.30. The lowest BCUT2D eigenvalue weighted by molar-refractivity contribution is -0.0335. The number of nitrogens with one attached hydrogen (secondary N) is 1. The molecular weight excluding hydrogens is 589 g/mol. The van der Waals surface area contributed by atoms with E-state index in [1.807, 2.05) is 34.1 Å². The van der Waals surface area contributed by atoms with Gasteiger partial charge < -0.3 is 24.8 Å². The molecule has 0 spiro atoms. The van der Waals surface area contributed by atoms with E-state index in [1.54, 1.807) is 11.1 Å². The summed E-state index contributed by atoms with van der Waals surface area (Å²) in [5.74, 6) is 1.21. The number of hydroxylamine groups is 2. The number of carbonyl (C=O) groups excluding carboxylic acids is 2. The lowest BCUT2D eigenvalue weighted by Crippen LogP contribution is -2.50. The van der Waals surface area contributed by atoms with E-state index >= 15 is 0 Å². The number of carbonyl (C=O) groups is 2. The SMILES string of the molecule is O=C(c1cc(Cl)cc(N2CCNCC2)c1)N1CCN(C(=O)c2ccc(O[C@H]3CCN(OCl)C3)c(C3CCCCC3)c2)CC1. The number of piperazine rings is 2. The minimum absolute atomic E-state index is 0.000641. The van der Waals surface area contributed by atoms with Gasteiger partial charge in [0.1, 0.15) is 11.9 Å². The van der Waals surface area contributed by atoms with Crippen LogP contribution in [-0.2, 0) is 4.39 Å². The van der Waals surface area contributed by atoms with Crippen molar-refractivity contribution in [3.63, 3.8) is 0 Å². The second-order valence-electron chi connectivity index (χ2n) is 12.1. The van der Waals surface area contributed by atoms with Crippen LogP contribution in [-0.4, -0.2) is 98.2 Å². The third kappa shape index (κ3) is 7.23. The molecule has 0 aromatic heterocycles. The summed E-state index contributed by atoms with van der Waals surface area (Å²) in [6.07, 6.45) is 6.70. The van der Waals surface area contributed by atoms with E-state index in [0.717, 1.165) is 69.0 Å². The largest absolute Gasteiger partial charge is 0.489 e. The summed E-state index contributed by atoms with van der Waals surface area (Å²) in [6.45, 7) is 6.87. The maximum atomic E-state index is 13.7. The molecule has 3 saturated heterocycles. The van der Waals surface area contributed by atoms with Crippen LogP contribution < -0.4 is 15.0 Å². The number of halogens is 2. The van der Waals surface area contributed by atoms with Gasteiger partial charge >= 0.3 is 0 Å². The van der Waals surface area contributed by atoms with Gasteiger partial charge in [-0.05, 0) is 60.7 Å². The number of nitrogens with zero attached hydrogens (tertiary/aromatic N) is 4. The molecule has 1 atom stereocenters. The van der Waals surface area contributed by atoms with Gasteiger partial charge in [-0.25, -0.2) is 0 Å². The number of amides is 2. The van der Waals surface area contributed by atoms with Crippen molar-refractivity contribution < 1.29 is 18.7 Å². The van der Waals surface area contributed by atoms with Crippen LogP contribution in [0.5, 0.6) is 5.75 Å². The molecule has 1 aliphatic carbocycles. The minimum Gasteiger partial charge on any atom is -0.489 e. The first kappa shape index (κ1) is 30.5. The molecule has 0 unspecified atom stereocenters. The molecule has 232 valence electrons. The Balaban J connectivity index is 1.12. The van der Waals surface area contributed by atoms with Gasteiger partial charge in [-0.2, -0.15) is 9.45 Å². The third-order valence-corrected chi connectivity index (χ3v) is 9.68. The van der Waals surface area contributed by atoms with E-state index in [0.29, 0.717) is 54.8 Å². The second kappa shape index (κ2) is 14.0. The highest BCUT2D eigenvalue weighted by atomic mass is 35.5. The lowest BCUT2D eigenvalue weighted by Gasteiger charge is -2.35. The predicted octanol–water partition coefficient (Wildman–Crippen LogP) is 4.93. The first-order chi connectivity index (χ1) is 21.0. The topological polar surface area (TPSA) is 77.6 Å². The molecule has 0 bridgehead atoms. The predicted molar refractivity (Wildman–Crippen MR) is 168 cm³/mol. The van der Waals surface area contributed by atoms with E-state index in [-0.39, 0.29) is 17.9 Å². The van der Waals surface area contributed by atoms with Crippen molar-refractivity contribution in [3.05, 3.63) is 58.1 Å². The summed E-state index contributed by atoms with van der Waals surface area (Å²) in [7, 11) is 0. The van der Waals surface area contributed by atoms with E-state index < -0.39 is 0 Å². The number of ether oxygens (including phenoxy) is 1. The molecule has 2 amide bonds. The van der Waals surface area contributed by atoms with E-state index in [2.05, 4.69) is 16.3 Å². The Kier molecular flexibility index (Phi) is 9.94. The summed E-state index contributed by atoms with van der Waals surface area (Å²) >= 11 is 12.0. The van der Waals surface area contributed by atoms with Gasteiger partial charge in [-0.1, -0.05) is 30.9 Å². The zero-order valence-corrected chi connectivity index (χ0v) is 26.1. The number of benzene rings is 2. The summed E-state index contributed by atoms with van der Waals surface area (Å²) in [5, 5.41) is 5.62. The van der Waals surface area contributed by atoms with Crippen LogP contribution in [0.25, 0.3) is 0 Å². The highest BCUT2D eigenvalue weighted by Crippen LogP contribution is 2.39. The minimum atomic E-state index is -0.0443. The Bertz CT molecular complexity index is 1290. The summed E-state index contributed by atoms with van der Waals surface area (Å²) in [4.78, 5) is 33.1. The average molecular weight is 631 g/mol. The van der Waals surface area contributed by atoms with Gasteiger partial charge in [0, 0.05) is 87.2 Å². The van der Waals surface area contributed by atoms with Crippen LogP contribution in [0, 0.1) is 0 Å². The van der Waals surface area contributed by atoms with E-state index in [4.69, 9.17) is 32.6 Å². The Morgan fingerprint density at radius 2 is 1.49 bits per heavy atom. The molecule has 4 aliphatic rings. The van der Waals surface area contributed by atoms with Crippen molar-refractivity contribution >= 4 is 41.0 Å². The maximum Gasteiger partial charge on any atom is 0.254 e. The fourth-order valence-corrected chi connectivity index (χ4v) is 7.19. The number of hydrogen-bond donors (Lipinski definition) is 1. The van der Waals surface area contributed by atoms with Gasteiger partial charge in [-0.15, -0.1) is 0 Å². The fraction of sp³-hybridized carbons (Fsp3) is 0.562. The van der Waals surface area contributed by atoms with Crippen molar-refractivity contribution in [1.82, 2.24) is 20.2 Å². The first-order valence-corrected chi connectivity index (χ1v) is 16.4. The van der Waals surface area contributed by atoms with Crippen LogP contribution >= 0.6 is 23.5 Å². The van der Waals surface area contributed by atoms with Crippen molar-refractivity contribution in [2.24, 2.45) is 0 Å². The zero-order chi connectivity index (χ0) is 29.8. The molecule has 2 aromatic rings. The average Bonchev–Trinajstić information content (AvgIpc) is 3.52. The molecule has 2 aromatic carbocycles. The summed E-state index contributed by atoms with van der Waals surface area (Å²) in [6, 6.07) is 11.5. The number of rotatable bonds is 7. The number of hydrogen-bond acceptors (Lipinski definition) is 7. The molecule has 1 N–H and O–H groups in total. The van der Waals surface area contributed by atoms with Crippen molar-refractivity contribution in [2.45, 2.75) is 50.5 Å². The van der Waals surface area contributed by atoms with Crippen LogP contribution in [0.2, 0.25) is 5.02 Å². The van der Waals surface area contributed by atoms with Crippen molar-refractivity contribution in [2.75, 3.05) is 70.3 Å². The Morgan fingerprint density at radius 3 is 2.16 bits per heavy atom. The molecule has 1 saturated carbocycles. The third-order valence-electron chi connectivity index (χ3n) is 9.27. The van der Waals surface area contributed by atoms with Gasteiger partial charge in [0.05, 0.1) is 18.4 Å². The Hall–Kier alpha value is -2.56. The summed E-state index contributed by atoms with van der Waals surface area (Å²) < 4.78 is 11.3. The smallest absolute Gasteiger partial charge is 0.254 e. The van der Waals surface area contributed by atoms with E-state index in [9.17, 15) is 9.59 Å². The fourth-order valence-electron chi connectivity index (χ4n) is 6.84. The zero-order valence-electron chi connectivity index (χ0n) is 24.6. The first-order valence-electron chi connectivity index (χ1n) is 15.7. The van der Waals surface area contributed by atoms with Crippen molar-refractivity contribution in [3.8, 4) is 5.75 Å². The maximum absolute atomic E-state index is 13.7. The molecule has 3 aliphatic heterocycles. The molecule has 9 nitrogen and oxygen atoms in total. The molecule has 6 rings (SSSR count). The lowest BCUT2D eigenvalue weighted by atomic mass is 9.83.